The second-order valence-corrected chi connectivity index (χ2v) is 6.81. The first-order valence-electron chi connectivity index (χ1n) is 8.93. The number of carbonyl (C=O) groups excluding carboxylic acids is 2. The molecule has 0 radical (unpaired) electrons. The van der Waals surface area contributed by atoms with Gasteiger partial charge in [-0.25, -0.2) is 0 Å². The van der Waals surface area contributed by atoms with Crippen molar-refractivity contribution in [3.8, 4) is 0 Å². The van der Waals surface area contributed by atoms with Gasteiger partial charge in [-0.05, 0) is 42.0 Å². The quantitative estimate of drug-likeness (QED) is 0.489. The number of hydrazone groups is 1. The zero-order valence-electron chi connectivity index (χ0n) is 15.2. The fourth-order valence-electron chi connectivity index (χ4n) is 2.99. The van der Waals surface area contributed by atoms with Gasteiger partial charge in [0.1, 0.15) is 5.71 Å². The van der Waals surface area contributed by atoms with E-state index >= 15 is 0 Å². The molecule has 0 aromatic heterocycles. The van der Waals surface area contributed by atoms with E-state index in [0.717, 1.165) is 5.56 Å². The molecule has 6 heteroatoms. The summed E-state index contributed by atoms with van der Waals surface area (Å²) in [6, 6.07) is 23.3. The highest BCUT2D eigenvalue weighted by Gasteiger charge is 2.30. The van der Waals surface area contributed by atoms with Gasteiger partial charge in [0.05, 0.1) is 11.3 Å². The molecule has 142 valence electrons. The molecule has 0 fully saturated rings. The number of para-hydroxylation sites is 1. The Morgan fingerprint density at radius 3 is 2.38 bits per heavy atom. The van der Waals surface area contributed by atoms with Crippen LogP contribution in [0.2, 0.25) is 5.02 Å². The number of nitrogens with one attached hydrogen (secondary N) is 2. The summed E-state index contributed by atoms with van der Waals surface area (Å²) < 4.78 is 0. The minimum Gasteiger partial charge on any atom is -0.322 e. The molecule has 0 saturated heterocycles. The van der Waals surface area contributed by atoms with E-state index < -0.39 is 11.7 Å². The largest absolute Gasteiger partial charge is 0.322 e. The van der Waals surface area contributed by atoms with Gasteiger partial charge in [0.15, 0.2) is 0 Å². The van der Waals surface area contributed by atoms with E-state index in [2.05, 4.69) is 15.8 Å². The van der Waals surface area contributed by atoms with Gasteiger partial charge < -0.3 is 5.32 Å². The van der Waals surface area contributed by atoms with Crippen LogP contribution in [0.5, 0.6) is 0 Å². The van der Waals surface area contributed by atoms with Crippen LogP contribution in [0, 0.1) is 0 Å². The zero-order valence-corrected chi connectivity index (χ0v) is 16.0. The maximum absolute atomic E-state index is 13.1. The average Bonchev–Trinajstić information content (AvgIpc) is 2.73. The number of hydrogen-bond donors (Lipinski definition) is 2. The number of amides is 1. The van der Waals surface area contributed by atoms with Crippen LogP contribution in [0.15, 0.2) is 89.5 Å². The number of anilines is 2. The molecule has 1 amide bonds. The third-order valence-corrected chi connectivity index (χ3v) is 4.61. The zero-order chi connectivity index (χ0) is 20.2. The molecular weight excluding hydrogens is 386 g/mol. The highest BCUT2D eigenvalue weighted by atomic mass is 35.5. The minimum atomic E-state index is -0.480. The molecule has 0 unspecified atom stereocenters. The highest BCUT2D eigenvalue weighted by Crippen LogP contribution is 2.24. The van der Waals surface area contributed by atoms with E-state index in [0.29, 0.717) is 22.0 Å². The normalized spacial score (nSPS) is 14.2. The maximum atomic E-state index is 13.1. The van der Waals surface area contributed by atoms with Gasteiger partial charge in [-0.1, -0.05) is 60.1 Å². The van der Waals surface area contributed by atoms with Crippen LogP contribution in [0.3, 0.4) is 0 Å². The Hall–Kier alpha value is -3.70. The monoisotopic (exact) mass is 401 g/mol. The van der Waals surface area contributed by atoms with Gasteiger partial charge in [0, 0.05) is 16.3 Å². The highest BCUT2D eigenvalue weighted by molar-refractivity contribution is 6.59. The summed E-state index contributed by atoms with van der Waals surface area (Å²) in [4.78, 5) is 25.8. The summed E-state index contributed by atoms with van der Waals surface area (Å²) in [5.41, 5.74) is 5.71. The minimum absolute atomic E-state index is 0.0270. The standard InChI is InChI=1S/C23H16ClN3O2/c24-16-8-6-11-18(14-16)26-27-21-19-12-5-4-7-15(19)13-20(22(21)28)23(29)25-17-9-2-1-3-10-17/h1-14,26H,(H,25,29)/b27-21+. The van der Waals surface area contributed by atoms with Crippen molar-refractivity contribution in [1.82, 2.24) is 0 Å². The van der Waals surface area contributed by atoms with Crippen LogP contribution in [0.1, 0.15) is 11.1 Å². The second-order valence-electron chi connectivity index (χ2n) is 6.38. The van der Waals surface area contributed by atoms with Crippen molar-refractivity contribution in [2.75, 3.05) is 10.7 Å². The number of ketones is 1. The van der Waals surface area contributed by atoms with Gasteiger partial charge in [0.25, 0.3) is 5.91 Å². The Labute approximate surface area is 172 Å². The van der Waals surface area contributed by atoms with Crippen molar-refractivity contribution < 1.29 is 9.59 Å². The Morgan fingerprint density at radius 1 is 0.862 bits per heavy atom. The molecule has 4 rings (SSSR count). The molecule has 0 bridgehead atoms. The van der Waals surface area contributed by atoms with E-state index in [9.17, 15) is 9.59 Å². The molecule has 0 aliphatic heterocycles. The molecule has 2 N–H and O–H groups in total. The SMILES string of the molecule is O=C(Nc1ccccc1)C1=Cc2ccccc2/C(=N\Nc2cccc(Cl)c2)C1=O. The molecule has 1 aliphatic rings. The summed E-state index contributed by atoms with van der Waals surface area (Å²) in [5.74, 6) is -0.933. The number of nitrogens with zero attached hydrogens (tertiary/aromatic N) is 1. The number of benzene rings is 3. The molecule has 5 nitrogen and oxygen atoms in total. The van der Waals surface area contributed by atoms with Crippen LogP contribution < -0.4 is 10.7 Å². The predicted molar refractivity (Wildman–Crippen MR) is 116 cm³/mol. The number of hydrogen-bond acceptors (Lipinski definition) is 4. The number of rotatable bonds is 4. The van der Waals surface area contributed by atoms with Gasteiger partial charge in [-0.3, -0.25) is 15.0 Å². The number of carbonyl (C=O) groups is 2. The average molecular weight is 402 g/mol. The molecule has 0 spiro atoms. The van der Waals surface area contributed by atoms with Gasteiger partial charge in [-0.2, -0.15) is 5.10 Å². The van der Waals surface area contributed by atoms with Crippen molar-refractivity contribution in [2.24, 2.45) is 5.10 Å². The van der Waals surface area contributed by atoms with Crippen molar-refractivity contribution in [1.29, 1.82) is 0 Å². The fraction of sp³-hybridized carbons (Fsp3) is 0. The molecule has 1 aliphatic carbocycles. The molecule has 0 atom stereocenters. The van der Waals surface area contributed by atoms with Crippen molar-refractivity contribution in [3.63, 3.8) is 0 Å². The Kier molecular flexibility index (Phi) is 5.22. The van der Waals surface area contributed by atoms with E-state index in [1.54, 1.807) is 48.5 Å². The van der Waals surface area contributed by atoms with E-state index in [1.165, 1.54) is 0 Å². The molecular formula is C23H16ClN3O2. The van der Waals surface area contributed by atoms with E-state index in [4.69, 9.17) is 11.6 Å². The van der Waals surface area contributed by atoms with Crippen LogP contribution in [-0.2, 0) is 9.59 Å². The smallest absolute Gasteiger partial charge is 0.259 e. The summed E-state index contributed by atoms with van der Waals surface area (Å²) >= 11 is 6.00. The lowest BCUT2D eigenvalue weighted by molar-refractivity contribution is -0.116. The Bertz CT molecular complexity index is 1150. The third-order valence-electron chi connectivity index (χ3n) is 4.37. The first kappa shape index (κ1) is 18.7. The topological polar surface area (TPSA) is 70.6 Å². The van der Waals surface area contributed by atoms with Crippen molar-refractivity contribution in [2.45, 2.75) is 0 Å². The Morgan fingerprint density at radius 2 is 1.59 bits per heavy atom. The molecule has 0 saturated carbocycles. The van der Waals surface area contributed by atoms with Crippen LogP contribution in [0.4, 0.5) is 11.4 Å². The number of fused-ring (bicyclic) bond motifs is 1. The first-order valence-corrected chi connectivity index (χ1v) is 9.31. The molecule has 0 heterocycles. The predicted octanol–water partition coefficient (Wildman–Crippen LogP) is 4.76. The second kappa shape index (κ2) is 8.12. The third kappa shape index (κ3) is 4.10. The van der Waals surface area contributed by atoms with Gasteiger partial charge in [-0.15, -0.1) is 0 Å². The van der Waals surface area contributed by atoms with E-state index in [1.807, 2.05) is 36.4 Å². The number of halogens is 1. The summed E-state index contributed by atoms with van der Waals surface area (Å²) in [7, 11) is 0. The van der Waals surface area contributed by atoms with Crippen LogP contribution in [0.25, 0.3) is 6.08 Å². The van der Waals surface area contributed by atoms with Gasteiger partial charge >= 0.3 is 0 Å². The summed E-state index contributed by atoms with van der Waals surface area (Å²) in [6.07, 6.45) is 1.59. The van der Waals surface area contributed by atoms with E-state index in [-0.39, 0.29) is 11.3 Å². The fourth-order valence-corrected chi connectivity index (χ4v) is 3.18. The van der Waals surface area contributed by atoms with Crippen LogP contribution >= 0.6 is 11.6 Å². The number of Topliss-reactive ketones (excluding diaryl/α,β-unsaturated/α-hetero) is 1. The summed E-state index contributed by atoms with van der Waals surface area (Å²) in [6.45, 7) is 0. The molecule has 3 aromatic carbocycles. The first-order chi connectivity index (χ1) is 14.1. The Balaban J connectivity index is 1.68. The molecule has 3 aromatic rings. The molecule has 29 heavy (non-hydrogen) atoms. The van der Waals surface area contributed by atoms with Gasteiger partial charge in [0.2, 0.25) is 5.78 Å². The summed E-state index contributed by atoms with van der Waals surface area (Å²) in [5, 5.41) is 7.60. The lowest BCUT2D eigenvalue weighted by Gasteiger charge is -2.17. The van der Waals surface area contributed by atoms with Crippen LogP contribution in [-0.4, -0.2) is 17.4 Å². The lowest BCUT2D eigenvalue weighted by Crippen LogP contribution is -2.30. The van der Waals surface area contributed by atoms with Crippen molar-refractivity contribution in [3.05, 3.63) is 101 Å². The lowest BCUT2D eigenvalue weighted by atomic mass is 9.89. The van der Waals surface area contributed by atoms with Crippen molar-refractivity contribution >= 4 is 46.5 Å². The maximum Gasteiger partial charge on any atom is 0.259 e.